The van der Waals surface area contributed by atoms with Crippen LogP contribution in [0.25, 0.3) is 0 Å². The second-order valence-corrected chi connectivity index (χ2v) is 11.3. The third-order valence-corrected chi connectivity index (χ3v) is 8.54. The SMILES string of the molecule is Cc1ccc(NC(=O)CSc2nnc(N3C(N)=C(C#N)C(c4cccnc4)C4=C3CCCC4=O)s2)c(C)c1. The van der Waals surface area contributed by atoms with Gasteiger partial charge in [-0.1, -0.05) is 46.9 Å². The summed E-state index contributed by atoms with van der Waals surface area (Å²) in [7, 11) is 0. The molecule has 0 spiro atoms. The van der Waals surface area contributed by atoms with E-state index in [1.807, 2.05) is 38.1 Å². The number of aryl methyl sites for hydroxylation is 2. The van der Waals surface area contributed by atoms with E-state index in [9.17, 15) is 14.9 Å². The predicted molar refractivity (Wildman–Crippen MR) is 147 cm³/mol. The van der Waals surface area contributed by atoms with Gasteiger partial charge in [-0.05, 0) is 49.9 Å². The molecule has 1 aliphatic carbocycles. The average Bonchev–Trinajstić information content (AvgIpc) is 3.37. The van der Waals surface area contributed by atoms with E-state index in [1.54, 1.807) is 23.4 Å². The van der Waals surface area contributed by atoms with Gasteiger partial charge in [0.1, 0.15) is 5.82 Å². The van der Waals surface area contributed by atoms with E-state index in [0.717, 1.165) is 28.1 Å². The number of nitrogens with zero attached hydrogens (tertiary/aromatic N) is 5. The zero-order chi connectivity index (χ0) is 26.8. The lowest BCUT2D eigenvalue weighted by Gasteiger charge is -2.37. The number of aromatic nitrogens is 3. The molecule has 0 bridgehead atoms. The van der Waals surface area contributed by atoms with Crippen LogP contribution in [0.15, 0.2) is 69.7 Å². The molecule has 1 aromatic carbocycles. The van der Waals surface area contributed by atoms with Crippen LogP contribution in [0.1, 0.15) is 41.9 Å². The number of nitrogens with two attached hydrogens (primary N) is 1. The molecule has 38 heavy (non-hydrogen) atoms. The van der Waals surface area contributed by atoms with Crippen LogP contribution in [-0.4, -0.2) is 32.6 Å². The molecule has 11 heteroatoms. The molecule has 2 aliphatic rings. The van der Waals surface area contributed by atoms with Gasteiger partial charge >= 0.3 is 0 Å². The van der Waals surface area contributed by atoms with Crippen LogP contribution >= 0.6 is 23.1 Å². The number of nitrogens with one attached hydrogen (secondary N) is 1. The van der Waals surface area contributed by atoms with Crippen LogP contribution in [-0.2, 0) is 9.59 Å². The van der Waals surface area contributed by atoms with Crippen LogP contribution in [0.2, 0.25) is 0 Å². The number of carbonyl (C=O) groups is 2. The molecule has 1 atom stereocenters. The molecule has 0 saturated carbocycles. The lowest BCUT2D eigenvalue weighted by Crippen LogP contribution is -2.38. The Bertz CT molecular complexity index is 1520. The van der Waals surface area contributed by atoms with E-state index < -0.39 is 5.92 Å². The molecule has 3 heterocycles. The zero-order valence-electron chi connectivity index (χ0n) is 20.9. The van der Waals surface area contributed by atoms with Crippen molar-refractivity contribution in [3.8, 4) is 6.07 Å². The van der Waals surface area contributed by atoms with Crippen molar-refractivity contribution in [1.29, 1.82) is 5.26 Å². The van der Waals surface area contributed by atoms with Crippen molar-refractivity contribution in [3.63, 3.8) is 0 Å². The first-order valence-electron chi connectivity index (χ1n) is 12.1. The van der Waals surface area contributed by atoms with E-state index in [4.69, 9.17) is 5.73 Å². The number of pyridine rings is 1. The molecule has 2 aromatic heterocycles. The normalized spacial score (nSPS) is 17.3. The van der Waals surface area contributed by atoms with Crippen LogP contribution in [0.4, 0.5) is 10.8 Å². The summed E-state index contributed by atoms with van der Waals surface area (Å²) in [6.07, 6.45) is 5.03. The fourth-order valence-electron chi connectivity index (χ4n) is 4.80. The van der Waals surface area contributed by atoms with Crippen molar-refractivity contribution in [2.75, 3.05) is 16.0 Å². The van der Waals surface area contributed by atoms with Gasteiger partial charge in [-0.25, -0.2) is 0 Å². The molecule has 5 rings (SSSR count). The second-order valence-electron chi connectivity index (χ2n) is 9.11. The molecule has 0 radical (unpaired) electrons. The number of carbonyl (C=O) groups excluding carboxylic acids is 2. The largest absolute Gasteiger partial charge is 0.384 e. The zero-order valence-corrected chi connectivity index (χ0v) is 22.5. The quantitative estimate of drug-likeness (QED) is 0.428. The maximum absolute atomic E-state index is 13.2. The summed E-state index contributed by atoms with van der Waals surface area (Å²) >= 11 is 2.54. The molecule has 1 aliphatic heterocycles. The first-order valence-corrected chi connectivity index (χ1v) is 13.9. The van der Waals surface area contributed by atoms with Gasteiger partial charge in [0.05, 0.1) is 23.3 Å². The Kier molecular flexibility index (Phi) is 7.26. The standard InChI is InChI=1S/C27H25N7O2S2/c1-15-8-9-19(16(2)11-15)31-22(36)14-37-27-33-32-26(38-27)34-20-6-3-7-21(35)24(20)23(18(12-28)25(34)29)17-5-4-10-30-13-17/h4-5,8-11,13,23H,3,6-7,14,29H2,1-2H3,(H,31,36). The molecule has 9 nitrogen and oxygen atoms in total. The number of ketones is 1. The number of amides is 1. The minimum Gasteiger partial charge on any atom is -0.384 e. The van der Waals surface area contributed by atoms with Crippen molar-refractivity contribution in [2.45, 2.75) is 43.4 Å². The second kappa shape index (κ2) is 10.8. The molecule has 1 amide bonds. The highest BCUT2D eigenvalue weighted by atomic mass is 32.2. The third kappa shape index (κ3) is 4.92. The Morgan fingerprint density at radius 1 is 1.29 bits per heavy atom. The van der Waals surface area contributed by atoms with Crippen LogP contribution in [0.3, 0.4) is 0 Å². The molecule has 192 valence electrons. The van der Waals surface area contributed by atoms with Gasteiger partial charge in [0, 0.05) is 35.8 Å². The van der Waals surface area contributed by atoms with Gasteiger partial charge in [0.25, 0.3) is 0 Å². The summed E-state index contributed by atoms with van der Waals surface area (Å²) in [5.41, 5.74) is 11.8. The highest BCUT2D eigenvalue weighted by Crippen LogP contribution is 2.46. The highest BCUT2D eigenvalue weighted by molar-refractivity contribution is 8.01. The maximum Gasteiger partial charge on any atom is 0.234 e. The smallest absolute Gasteiger partial charge is 0.234 e. The predicted octanol–water partition coefficient (Wildman–Crippen LogP) is 4.59. The average molecular weight is 544 g/mol. The monoisotopic (exact) mass is 543 g/mol. The molecule has 0 saturated heterocycles. The summed E-state index contributed by atoms with van der Waals surface area (Å²) < 4.78 is 0.584. The van der Waals surface area contributed by atoms with Crippen molar-refractivity contribution < 1.29 is 9.59 Å². The Morgan fingerprint density at radius 2 is 2.13 bits per heavy atom. The van der Waals surface area contributed by atoms with E-state index in [0.29, 0.717) is 34.3 Å². The summed E-state index contributed by atoms with van der Waals surface area (Å²) in [5.74, 6) is -0.331. The fourth-order valence-corrected chi connectivity index (χ4v) is 6.48. The Hall–Kier alpha value is -4.01. The molecule has 0 fully saturated rings. The lowest BCUT2D eigenvalue weighted by atomic mass is 9.76. The Labute approximate surface area is 228 Å². The Balaban J connectivity index is 1.40. The molecule has 1 unspecified atom stereocenters. The van der Waals surface area contributed by atoms with Crippen molar-refractivity contribution >= 4 is 45.6 Å². The number of anilines is 2. The summed E-state index contributed by atoms with van der Waals surface area (Å²) in [6, 6.07) is 11.7. The van der Waals surface area contributed by atoms with Gasteiger partial charge in [-0.2, -0.15) is 5.26 Å². The molecular weight excluding hydrogens is 518 g/mol. The number of hydrogen-bond donors (Lipinski definition) is 2. The number of hydrogen-bond acceptors (Lipinski definition) is 10. The topological polar surface area (TPSA) is 138 Å². The van der Waals surface area contributed by atoms with Gasteiger partial charge in [0.15, 0.2) is 10.1 Å². The minimum atomic E-state index is -0.566. The number of thioether (sulfide) groups is 1. The van der Waals surface area contributed by atoms with Gasteiger partial charge in [-0.3, -0.25) is 19.5 Å². The van der Waals surface area contributed by atoms with Crippen LogP contribution in [0, 0.1) is 25.2 Å². The van der Waals surface area contributed by atoms with Crippen molar-refractivity contribution in [2.24, 2.45) is 5.73 Å². The maximum atomic E-state index is 13.2. The van der Waals surface area contributed by atoms with E-state index in [-0.39, 0.29) is 28.8 Å². The minimum absolute atomic E-state index is 0.00691. The third-order valence-electron chi connectivity index (χ3n) is 6.50. The number of benzene rings is 1. The summed E-state index contributed by atoms with van der Waals surface area (Å²) in [5, 5.41) is 22.1. The van der Waals surface area contributed by atoms with Crippen molar-refractivity contribution in [1.82, 2.24) is 15.2 Å². The fraction of sp³-hybridized carbons (Fsp3) is 0.259. The Morgan fingerprint density at radius 3 is 2.87 bits per heavy atom. The number of Topliss-reactive ketones (excluding diaryl/α,β-unsaturated/α-hetero) is 1. The van der Waals surface area contributed by atoms with Crippen molar-refractivity contribution in [3.05, 3.63) is 82.1 Å². The first kappa shape index (κ1) is 25.6. The number of allylic oxidation sites excluding steroid dienone is 3. The van der Waals surface area contributed by atoms with E-state index in [1.165, 1.54) is 23.1 Å². The van der Waals surface area contributed by atoms with E-state index >= 15 is 0 Å². The lowest BCUT2D eigenvalue weighted by molar-refractivity contribution is -0.116. The number of nitriles is 1. The van der Waals surface area contributed by atoms with Gasteiger partial charge in [0.2, 0.25) is 11.0 Å². The highest BCUT2D eigenvalue weighted by Gasteiger charge is 2.41. The molecule has 3 aromatic rings. The van der Waals surface area contributed by atoms with Crippen LogP contribution in [0.5, 0.6) is 0 Å². The first-order chi connectivity index (χ1) is 18.4. The van der Waals surface area contributed by atoms with Gasteiger partial charge < -0.3 is 11.1 Å². The summed E-state index contributed by atoms with van der Waals surface area (Å²) in [6.45, 7) is 3.96. The summed E-state index contributed by atoms with van der Waals surface area (Å²) in [4.78, 5) is 31.6. The molecule has 3 N–H and O–H groups in total. The number of rotatable bonds is 6. The van der Waals surface area contributed by atoms with Gasteiger partial charge in [-0.15, -0.1) is 10.2 Å². The molecular formula is C27H25N7O2S2. The van der Waals surface area contributed by atoms with Crippen LogP contribution < -0.4 is 16.0 Å². The van der Waals surface area contributed by atoms with E-state index in [2.05, 4.69) is 26.6 Å².